The van der Waals surface area contributed by atoms with Gasteiger partial charge in [0.05, 0.1) is 23.4 Å². The zero-order valence-electron chi connectivity index (χ0n) is 15.4. The highest BCUT2D eigenvalue weighted by atomic mass is 16.7. The summed E-state index contributed by atoms with van der Waals surface area (Å²) in [5.41, 5.74) is -0.347. The highest BCUT2D eigenvalue weighted by Gasteiger charge is 2.68. The molecule has 0 radical (unpaired) electrons. The summed E-state index contributed by atoms with van der Waals surface area (Å²) in [4.78, 5) is 0. The average molecular weight is 336 g/mol. The first kappa shape index (κ1) is 17.0. The first-order valence-corrected chi connectivity index (χ1v) is 9.56. The van der Waals surface area contributed by atoms with Crippen LogP contribution in [0.15, 0.2) is 12.2 Å². The van der Waals surface area contributed by atoms with Gasteiger partial charge in [0.1, 0.15) is 0 Å². The summed E-state index contributed by atoms with van der Waals surface area (Å²) in [7, 11) is 0. The molecule has 8 atom stereocenters. The summed E-state index contributed by atoms with van der Waals surface area (Å²) in [5.74, 6) is -0.107. The fourth-order valence-electron chi connectivity index (χ4n) is 6.25. The van der Waals surface area contributed by atoms with Gasteiger partial charge >= 0.3 is 0 Å². The summed E-state index contributed by atoms with van der Waals surface area (Å²) >= 11 is 0. The van der Waals surface area contributed by atoms with Crippen molar-refractivity contribution in [1.29, 1.82) is 0 Å². The van der Waals surface area contributed by atoms with E-state index in [4.69, 9.17) is 9.47 Å². The van der Waals surface area contributed by atoms with Gasteiger partial charge in [0.25, 0.3) is 0 Å². The second kappa shape index (κ2) is 5.06. The fraction of sp³-hybridized carbons (Fsp3) is 0.900. The summed E-state index contributed by atoms with van der Waals surface area (Å²) < 4.78 is 13.3. The van der Waals surface area contributed by atoms with Crippen molar-refractivity contribution < 1.29 is 19.7 Å². The minimum Gasteiger partial charge on any atom is -0.393 e. The van der Waals surface area contributed by atoms with E-state index in [1.165, 1.54) is 0 Å². The Bertz CT molecular complexity index is 556. The van der Waals surface area contributed by atoms with Crippen molar-refractivity contribution in [2.75, 3.05) is 0 Å². The molecule has 4 nitrogen and oxygen atoms in total. The van der Waals surface area contributed by atoms with E-state index < -0.39 is 23.1 Å². The minimum atomic E-state index is -0.925. The van der Waals surface area contributed by atoms with E-state index in [1.54, 1.807) is 0 Å². The van der Waals surface area contributed by atoms with E-state index in [0.717, 1.165) is 31.3 Å². The minimum absolute atomic E-state index is 0.0889. The molecule has 1 aliphatic carbocycles. The largest absolute Gasteiger partial charge is 0.393 e. The predicted octanol–water partition coefficient (Wildman–Crippen LogP) is 3.02. The molecule has 0 amide bonds. The van der Waals surface area contributed by atoms with Crippen molar-refractivity contribution in [2.45, 2.75) is 89.0 Å². The molecule has 0 aromatic rings. The topological polar surface area (TPSA) is 58.9 Å². The second-order valence-corrected chi connectivity index (χ2v) is 9.48. The Hall–Kier alpha value is -0.420. The molecule has 0 aromatic heterocycles. The van der Waals surface area contributed by atoms with E-state index in [1.807, 2.05) is 6.92 Å². The van der Waals surface area contributed by atoms with Crippen LogP contribution >= 0.6 is 0 Å². The summed E-state index contributed by atoms with van der Waals surface area (Å²) in [6.07, 6.45) is 3.34. The molecule has 3 saturated heterocycles. The molecule has 4 aliphatic rings. The van der Waals surface area contributed by atoms with Crippen LogP contribution in [0.3, 0.4) is 0 Å². The lowest BCUT2D eigenvalue weighted by Gasteiger charge is -2.43. The third kappa shape index (κ3) is 2.13. The molecule has 2 N–H and O–H groups in total. The van der Waals surface area contributed by atoms with Crippen molar-refractivity contribution in [3.63, 3.8) is 0 Å². The first-order valence-electron chi connectivity index (χ1n) is 9.56. The summed E-state index contributed by atoms with van der Waals surface area (Å²) in [6.45, 7) is 12.7. The van der Waals surface area contributed by atoms with Crippen LogP contribution in [-0.4, -0.2) is 39.4 Å². The molecule has 1 spiro atoms. The van der Waals surface area contributed by atoms with Crippen molar-refractivity contribution >= 4 is 0 Å². The lowest BCUT2D eigenvalue weighted by molar-refractivity contribution is -0.244. The van der Waals surface area contributed by atoms with Gasteiger partial charge in [-0.2, -0.15) is 0 Å². The molecule has 4 heteroatoms. The fourth-order valence-corrected chi connectivity index (χ4v) is 6.25. The Morgan fingerprint density at radius 2 is 1.92 bits per heavy atom. The molecule has 3 bridgehead atoms. The van der Waals surface area contributed by atoms with E-state index in [0.29, 0.717) is 18.3 Å². The Labute approximate surface area is 145 Å². The Morgan fingerprint density at radius 3 is 2.58 bits per heavy atom. The zero-order chi connectivity index (χ0) is 17.5. The van der Waals surface area contributed by atoms with Crippen LogP contribution in [0.4, 0.5) is 0 Å². The van der Waals surface area contributed by atoms with Crippen molar-refractivity contribution in [2.24, 2.45) is 23.7 Å². The molecular formula is C20H32O4. The molecule has 136 valence electrons. The van der Waals surface area contributed by atoms with Crippen LogP contribution in [0, 0.1) is 23.7 Å². The molecule has 4 rings (SSSR count). The lowest BCUT2D eigenvalue weighted by atomic mass is 9.68. The van der Waals surface area contributed by atoms with Crippen LogP contribution in [0.5, 0.6) is 0 Å². The average Bonchev–Trinajstić information content (AvgIpc) is 2.80. The van der Waals surface area contributed by atoms with Gasteiger partial charge in [0.2, 0.25) is 0 Å². The smallest absolute Gasteiger partial charge is 0.191 e. The number of hydrogen-bond donors (Lipinski definition) is 2. The Morgan fingerprint density at radius 1 is 1.21 bits per heavy atom. The maximum atomic E-state index is 11.2. The van der Waals surface area contributed by atoms with Gasteiger partial charge < -0.3 is 19.7 Å². The van der Waals surface area contributed by atoms with Gasteiger partial charge in [-0.05, 0) is 50.5 Å². The molecule has 0 aromatic carbocycles. The predicted molar refractivity (Wildman–Crippen MR) is 91.3 cm³/mol. The third-order valence-electron chi connectivity index (χ3n) is 7.47. The van der Waals surface area contributed by atoms with Crippen molar-refractivity contribution in [3.8, 4) is 0 Å². The standard InChI is InChI=1S/C20H32O4/c1-11(2)13-7-6-12(3)20-9-8-19(5,24-20)15-14(21)10-18(4,22)16(15)17(13)23-20/h11,13-17,21-22H,3,6-10H2,1-2,4-5H3/t13-,14+,15-,16-,17+,18-,19+,20+/m0/s1. The highest BCUT2D eigenvalue weighted by molar-refractivity contribution is 5.22. The first-order chi connectivity index (χ1) is 11.1. The van der Waals surface area contributed by atoms with Crippen molar-refractivity contribution in [1.82, 2.24) is 0 Å². The van der Waals surface area contributed by atoms with Crippen LogP contribution in [0.1, 0.15) is 59.8 Å². The quantitative estimate of drug-likeness (QED) is 0.723. The number of fused-ring (bicyclic) bond motifs is 5. The number of hydrogen-bond acceptors (Lipinski definition) is 4. The van der Waals surface area contributed by atoms with E-state index in [2.05, 4.69) is 27.4 Å². The molecule has 4 fully saturated rings. The highest BCUT2D eigenvalue weighted by Crippen LogP contribution is 2.62. The maximum Gasteiger partial charge on any atom is 0.191 e. The molecule has 24 heavy (non-hydrogen) atoms. The van der Waals surface area contributed by atoms with Gasteiger partial charge in [-0.15, -0.1) is 0 Å². The monoisotopic (exact) mass is 336 g/mol. The SMILES string of the molecule is C=C1CC[C@@H](C(C)C)[C@H]2O[C@@]13CC[C@@](C)(O3)[C@@H]1[C@@H]2[C@@](C)(O)C[C@H]1O. The van der Waals surface area contributed by atoms with Crippen molar-refractivity contribution in [3.05, 3.63) is 12.2 Å². The third-order valence-corrected chi connectivity index (χ3v) is 7.47. The maximum absolute atomic E-state index is 11.2. The van der Waals surface area contributed by atoms with E-state index >= 15 is 0 Å². The summed E-state index contributed by atoms with van der Waals surface area (Å²) in [6, 6.07) is 0. The Kier molecular flexibility index (Phi) is 3.59. The normalized spacial score (nSPS) is 57.0. The number of rotatable bonds is 1. The number of aliphatic hydroxyl groups is 2. The number of aliphatic hydroxyl groups excluding tert-OH is 1. The number of ether oxygens (including phenoxy) is 2. The van der Waals surface area contributed by atoms with E-state index in [9.17, 15) is 10.2 Å². The molecule has 3 heterocycles. The molecule has 0 unspecified atom stereocenters. The van der Waals surface area contributed by atoms with Gasteiger partial charge in [-0.1, -0.05) is 20.4 Å². The van der Waals surface area contributed by atoms with Crippen LogP contribution in [-0.2, 0) is 9.47 Å². The molecule has 3 aliphatic heterocycles. The van der Waals surface area contributed by atoms with Crippen LogP contribution in [0.25, 0.3) is 0 Å². The van der Waals surface area contributed by atoms with Gasteiger partial charge in [-0.25, -0.2) is 0 Å². The molecule has 1 saturated carbocycles. The van der Waals surface area contributed by atoms with Gasteiger partial charge in [0, 0.05) is 24.7 Å². The zero-order valence-corrected chi connectivity index (χ0v) is 15.4. The van der Waals surface area contributed by atoms with Crippen LogP contribution < -0.4 is 0 Å². The van der Waals surface area contributed by atoms with Crippen LogP contribution in [0.2, 0.25) is 0 Å². The van der Waals surface area contributed by atoms with Gasteiger partial charge in [-0.3, -0.25) is 0 Å². The Balaban J connectivity index is 1.88. The summed E-state index contributed by atoms with van der Waals surface area (Å²) in [5, 5.41) is 22.0. The van der Waals surface area contributed by atoms with E-state index in [-0.39, 0.29) is 17.9 Å². The lowest BCUT2D eigenvalue weighted by Crippen LogP contribution is -2.51. The second-order valence-electron chi connectivity index (χ2n) is 9.48. The molecular weight excluding hydrogens is 304 g/mol. The van der Waals surface area contributed by atoms with Gasteiger partial charge in [0.15, 0.2) is 5.79 Å².